The van der Waals surface area contributed by atoms with Crippen LogP contribution in [0.4, 0.5) is 0 Å². The van der Waals surface area contributed by atoms with Crippen LogP contribution in [-0.2, 0) is 27.8 Å². The highest BCUT2D eigenvalue weighted by Gasteiger charge is 2.32. The van der Waals surface area contributed by atoms with E-state index in [9.17, 15) is 13.2 Å². The van der Waals surface area contributed by atoms with E-state index >= 15 is 0 Å². The number of fused-ring (bicyclic) bond motifs is 1. The van der Waals surface area contributed by atoms with Crippen molar-refractivity contribution >= 4 is 15.9 Å². The largest absolute Gasteiger partial charge is 0.436 e. The van der Waals surface area contributed by atoms with Gasteiger partial charge in [0.1, 0.15) is 5.76 Å². The summed E-state index contributed by atoms with van der Waals surface area (Å²) in [6.07, 6.45) is 1.14. The molecule has 2 aliphatic heterocycles. The Kier molecular flexibility index (Phi) is 4.67. The minimum Gasteiger partial charge on any atom is -0.436 e. The van der Waals surface area contributed by atoms with Crippen molar-refractivity contribution in [1.29, 1.82) is 0 Å². The molecule has 3 rings (SSSR count). The number of oxazole rings is 1. The molecule has 1 N–H and O–H groups in total. The summed E-state index contributed by atoms with van der Waals surface area (Å²) in [6.45, 7) is 4.70. The van der Waals surface area contributed by atoms with Gasteiger partial charge in [-0.15, -0.1) is 0 Å². The molecule has 0 unspecified atom stereocenters. The van der Waals surface area contributed by atoms with Crippen LogP contribution >= 0.6 is 0 Å². The fraction of sp³-hybridized carbons (Fsp3) is 0.692. The summed E-state index contributed by atoms with van der Waals surface area (Å²) in [5.41, 5.74) is 0.508. The van der Waals surface area contributed by atoms with Crippen LogP contribution in [0.5, 0.6) is 0 Å². The van der Waals surface area contributed by atoms with Crippen LogP contribution in [0.2, 0.25) is 0 Å². The average molecular weight is 344 g/mol. The zero-order valence-electron chi connectivity index (χ0n) is 12.9. The predicted octanol–water partition coefficient (Wildman–Crippen LogP) is -0.988. The summed E-state index contributed by atoms with van der Waals surface area (Å²) in [5, 5.41) is 2.77. The van der Waals surface area contributed by atoms with Gasteiger partial charge in [0.15, 0.2) is 0 Å². The van der Waals surface area contributed by atoms with Gasteiger partial charge in [-0.3, -0.25) is 9.69 Å². The number of rotatable bonds is 5. The summed E-state index contributed by atoms with van der Waals surface area (Å²) in [6, 6.07) is 0. The van der Waals surface area contributed by atoms with Gasteiger partial charge in [-0.1, -0.05) is 0 Å². The highest BCUT2D eigenvalue weighted by atomic mass is 32.2. The number of ether oxygens (including phenoxy) is 1. The summed E-state index contributed by atoms with van der Waals surface area (Å²) in [4.78, 5) is 18.3. The Hall–Kier alpha value is -1.49. The van der Waals surface area contributed by atoms with Crippen LogP contribution in [0.1, 0.15) is 22.1 Å². The van der Waals surface area contributed by atoms with Crippen molar-refractivity contribution in [2.45, 2.75) is 13.1 Å². The number of amides is 1. The van der Waals surface area contributed by atoms with Crippen molar-refractivity contribution in [2.24, 2.45) is 0 Å². The highest BCUT2D eigenvalue weighted by Crippen LogP contribution is 2.25. The van der Waals surface area contributed by atoms with E-state index in [2.05, 4.69) is 15.2 Å². The number of aromatic nitrogens is 1. The van der Waals surface area contributed by atoms with Crippen molar-refractivity contribution in [3.05, 3.63) is 17.3 Å². The molecule has 128 valence electrons. The van der Waals surface area contributed by atoms with E-state index in [1.807, 2.05) is 0 Å². The minimum atomic E-state index is -3.28. The number of carbonyl (C=O) groups is 1. The molecular weight excluding hydrogens is 324 g/mol. The SMILES string of the molecule is CS(=O)(=O)N1Cc2nc(C(=O)NCCN3CCOCC3)oc2C1. The Morgan fingerprint density at radius 1 is 1.30 bits per heavy atom. The van der Waals surface area contributed by atoms with E-state index in [0.717, 1.165) is 39.1 Å². The minimum absolute atomic E-state index is 0.00914. The lowest BCUT2D eigenvalue weighted by atomic mass is 10.4. The number of sulfonamides is 1. The summed E-state index contributed by atoms with van der Waals surface area (Å²) in [7, 11) is -3.28. The zero-order chi connectivity index (χ0) is 16.4. The third kappa shape index (κ3) is 3.89. The number of carbonyl (C=O) groups excluding carboxylic acids is 1. The summed E-state index contributed by atoms with van der Waals surface area (Å²) >= 11 is 0. The van der Waals surface area contributed by atoms with Crippen molar-refractivity contribution in [3.63, 3.8) is 0 Å². The third-order valence-electron chi connectivity index (χ3n) is 3.90. The monoisotopic (exact) mass is 344 g/mol. The molecule has 3 heterocycles. The molecule has 0 radical (unpaired) electrons. The lowest BCUT2D eigenvalue weighted by Crippen LogP contribution is -2.41. The van der Waals surface area contributed by atoms with E-state index in [0.29, 0.717) is 18.0 Å². The van der Waals surface area contributed by atoms with E-state index in [1.54, 1.807) is 0 Å². The van der Waals surface area contributed by atoms with Gasteiger partial charge < -0.3 is 14.5 Å². The molecule has 0 aliphatic carbocycles. The normalized spacial score (nSPS) is 19.7. The van der Waals surface area contributed by atoms with Gasteiger partial charge in [-0.05, 0) is 0 Å². The number of nitrogens with zero attached hydrogens (tertiary/aromatic N) is 3. The van der Waals surface area contributed by atoms with E-state index in [4.69, 9.17) is 9.15 Å². The van der Waals surface area contributed by atoms with Gasteiger partial charge in [0.05, 0.1) is 38.3 Å². The summed E-state index contributed by atoms with van der Waals surface area (Å²) in [5.74, 6) is 0.0532. The number of morpholine rings is 1. The molecule has 9 nitrogen and oxygen atoms in total. The first-order valence-electron chi connectivity index (χ1n) is 7.45. The highest BCUT2D eigenvalue weighted by molar-refractivity contribution is 7.88. The maximum absolute atomic E-state index is 12.0. The Balaban J connectivity index is 1.50. The smallest absolute Gasteiger partial charge is 0.307 e. The molecule has 1 fully saturated rings. The molecule has 1 aromatic heterocycles. The third-order valence-corrected chi connectivity index (χ3v) is 5.10. The molecule has 10 heteroatoms. The molecule has 0 saturated carbocycles. The second-order valence-corrected chi connectivity index (χ2v) is 7.61. The molecule has 2 aliphatic rings. The molecule has 0 bridgehead atoms. The van der Waals surface area contributed by atoms with Crippen LogP contribution in [0, 0.1) is 0 Å². The zero-order valence-corrected chi connectivity index (χ0v) is 13.8. The van der Waals surface area contributed by atoms with Gasteiger partial charge >= 0.3 is 5.91 Å². The van der Waals surface area contributed by atoms with Gasteiger partial charge in [-0.2, -0.15) is 4.31 Å². The molecule has 0 atom stereocenters. The molecular formula is C13H20N4O5S. The first kappa shape index (κ1) is 16.4. The molecule has 0 spiro atoms. The van der Waals surface area contributed by atoms with Crippen LogP contribution in [0.25, 0.3) is 0 Å². The Labute approximate surface area is 134 Å². The Morgan fingerprint density at radius 3 is 2.70 bits per heavy atom. The number of nitrogens with one attached hydrogen (secondary N) is 1. The fourth-order valence-electron chi connectivity index (χ4n) is 2.57. The molecule has 0 aromatic carbocycles. The van der Waals surface area contributed by atoms with Crippen molar-refractivity contribution in [3.8, 4) is 0 Å². The Morgan fingerprint density at radius 2 is 2.04 bits per heavy atom. The quantitative estimate of drug-likeness (QED) is 0.731. The molecule has 1 aromatic rings. The van der Waals surface area contributed by atoms with E-state index in [-0.39, 0.29) is 24.9 Å². The van der Waals surface area contributed by atoms with Gasteiger partial charge in [0.25, 0.3) is 5.89 Å². The fourth-order valence-corrected chi connectivity index (χ4v) is 3.28. The van der Waals surface area contributed by atoms with Crippen molar-refractivity contribution in [2.75, 3.05) is 45.6 Å². The van der Waals surface area contributed by atoms with E-state index < -0.39 is 10.0 Å². The lowest BCUT2D eigenvalue weighted by Gasteiger charge is -2.26. The standard InChI is InChI=1S/C13H20N4O5S/c1-23(19,20)17-8-10-11(9-17)22-13(15-10)12(18)14-2-3-16-4-6-21-7-5-16/h2-9H2,1H3,(H,14,18). The molecule has 23 heavy (non-hydrogen) atoms. The van der Waals surface area contributed by atoms with Crippen LogP contribution in [0.15, 0.2) is 4.42 Å². The van der Waals surface area contributed by atoms with Crippen LogP contribution < -0.4 is 5.32 Å². The van der Waals surface area contributed by atoms with Crippen LogP contribution in [-0.4, -0.2) is 74.2 Å². The van der Waals surface area contributed by atoms with E-state index in [1.165, 1.54) is 4.31 Å². The maximum Gasteiger partial charge on any atom is 0.307 e. The van der Waals surface area contributed by atoms with Crippen LogP contribution in [0.3, 0.4) is 0 Å². The predicted molar refractivity (Wildman–Crippen MR) is 80.2 cm³/mol. The van der Waals surface area contributed by atoms with Gasteiger partial charge in [0.2, 0.25) is 10.0 Å². The topological polar surface area (TPSA) is 105 Å². The molecule has 1 amide bonds. The Bertz CT molecular complexity index is 657. The molecule has 1 saturated heterocycles. The summed E-state index contributed by atoms with van der Waals surface area (Å²) < 4.78 is 34.9. The van der Waals surface area contributed by atoms with Gasteiger partial charge in [0, 0.05) is 26.2 Å². The average Bonchev–Trinajstić information content (AvgIpc) is 3.06. The second-order valence-electron chi connectivity index (χ2n) is 5.63. The lowest BCUT2D eigenvalue weighted by molar-refractivity contribution is 0.0382. The van der Waals surface area contributed by atoms with Gasteiger partial charge in [-0.25, -0.2) is 13.4 Å². The first-order valence-corrected chi connectivity index (χ1v) is 9.30. The first-order chi connectivity index (χ1) is 10.9. The van der Waals surface area contributed by atoms with Crippen molar-refractivity contribution in [1.82, 2.24) is 19.5 Å². The second kappa shape index (κ2) is 6.56. The number of hydrogen-bond acceptors (Lipinski definition) is 7. The maximum atomic E-state index is 12.0. The van der Waals surface area contributed by atoms with Crippen molar-refractivity contribution < 1.29 is 22.4 Å². The number of hydrogen-bond donors (Lipinski definition) is 1.